The SMILES string of the molecule is CC1(C)CCCc2cc(C#N)c(NCC3CCN(S(=O)(=O)c4cccs4)C3)nc21. The average Bonchev–Trinajstić information content (AvgIpc) is 3.38. The number of rotatable bonds is 5. The van der Waals surface area contributed by atoms with Gasteiger partial charge in [-0.1, -0.05) is 19.9 Å². The summed E-state index contributed by atoms with van der Waals surface area (Å²) in [6.45, 7) is 6.04. The van der Waals surface area contributed by atoms with Gasteiger partial charge in [-0.05, 0) is 54.7 Å². The molecule has 4 rings (SSSR count). The fourth-order valence-electron chi connectivity index (χ4n) is 4.35. The molecule has 1 aliphatic heterocycles. The van der Waals surface area contributed by atoms with Crippen LogP contribution in [0.4, 0.5) is 5.82 Å². The number of nitrogens with one attached hydrogen (secondary N) is 1. The molecule has 1 unspecified atom stereocenters. The molecule has 0 spiro atoms. The van der Waals surface area contributed by atoms with E-state index in [1.165, 1.54) is 16.9 Å². The molecule has 2 aromatic heterocycles. The fourth-order valence-corrected chi connectivity index (χ4v) is 7.03. The highest BCUT2D eigenvalue weighted by atomic mass is 32.2. The van der Waals surface area contributed by atoms with E-state index in [0.29, 0.717) is 35.2 Å². The third-order valence-corrected chi connectivity index (χ3v) is 9.25. The maximum atomic E-state index is 12.7. The number of thiophene rings is 1. The topological polar surface area (TPSA) is 86.1 Å². The number of fused-ring (bicyclic) bond motifs is 1. The Morgan fingerprint density at radius 3 is 3.00 bits per heavy atom. The molecule has 6 nitrogen and oxygen atoms in total. The van der Waals surface area contributed by atoms with Crippen LogP contribution in [0.3, 0.4) is 0 Å². The number of hydrogen-bond acceptors (Lipinski definition) is 6. The van der Waals surface area contributed by atoms with Crippen LogP contribution in [0.2, 0.25) is 0 Å². The average molecular weight is 431 g/mol. The Balaban J connectivity index is 1.47. The van der Waals surface area contributed by atoms with Crippen molar-refractivity contribution in [1.29, 1.82) is 5.26 Å². The van der Waals surface area contributed by atoms with Crippen LogP contribution < -0.4 is 5.32 Å². The Labute approximate surface area is 176 Å². The van der Waals surface area contributed by atoms with Gasteiger partial charge in [0.2, 0.25) is 0 Å². The van der Waals surface area contributed by atoms with Crippen LogP contribution in [0.1, 0.15) is 49.9 Å². The van der Waals surface area contributed by atoms with Gasteiger partial charge in [0.05, 0.1) is 11.3 Å². The molecule has 1 aliphatic carbocycles. The van der Waals surface area contributed by atoms with Gasteiger partial charge in [-0.15, -0.1) is 11.3 Å². The quantitative estimate of drug-likeness (QED) is 0.781. The third kappa shape index (κ3) is 3.91. The highest BCUT2D eigenvalue weighted by Gasteiger charge is 2.34. The molecule has 1 saturated heterocycles. The predicted octanol–water partition coefficient (Wildman–Crippen LogP) is 3.75. The van der Waals surface area contributed by atoms with Crippen LogP contribution in [0.15, 0.2) is 27.8 Å². The Bertz CT molecular complexity index is 1040. The molecule has 154 valence electrons. The summed E-state index contributed by atoms with van der Waals surface area (Å²) in [6.07, 6.45) is 3.99. The first-order chi connectivity index (χ1) is 13.8. The number of anilines is 1. The second kappa shape index (κ2) is 7.71. The first-order valence-corrected chi connectivity index (χ1v) is 12.4. The molecule has 1 fully saturated rings. The summed E-state index contributed by atoms with van der Waals surface area (Å²) < 4.78 is 27.4. The number of hydrogen-bond donors (Lipinski definition) is 1. The minimum atomic E-state index is -3.40. The molecular formula is C21H26N4O2S2. The molecule has 0 aromatic carbocycles. The summed E-state index contributed by atoms with van der Waals surface area (Å²) in [5.41, 5.74) is 2.84. The van der Waals surface area contributed by atoms with Gasteiger partial charge < -0.3 is 5.32 Å². The zero-order chi connectivity index (χ0) is 20.6. The lowest BCUT2D eigenvalue weighted by molar-refractivity contribution is 0.418. The Morgan fingerprint density at radius 2 is 2.28 bits per heavy atom. The number of aromatic nitrogens is 1. The van der Waals surface area contributed by atoms with Crippen molar-refractivity contribution in [1.82, 2.24) is 9.29 Å². The van der Waals surface area contributed by atoms with Crippen molar-refractivity contribution in [3.05, 3.63) is 40.4 Å². The zero-order valence-electron chi connectivity index (χ0n) is 16.8. The molecule has 2 aliphatic rings. The van der Waals surface area contributed by atoms with E-state index in [0.717, 1.165) is 31.4 Å². The van der Waals surface area contributed by atoms with Crippen molar-refractivity contribution >= 4 is 27.2 Å². The first-order valence-electron chi connectivity index (χ1n) is 10.0. The molecule has 29 heavy (non-hydrogen) atoms. The molecule has 2 aromatic rings. The molecule has 0 radical (unpaired) electrons. The molecule has 1 atom stereocenters. The van der Waals surface area contributed by atoms with Crippen LogP contribution >= 0.6 is 11.3 Å². The Hall–Kier alpha value is -1.95. The van der Waals surface area contributed by atoms with Gasteiger partial charge in [0.25, 0.3) is 10.0 Å². The van der Waals surface area contributed by atoms with Crippen molar-refractivity contribution in [3.63, 3.8) is 0 Å². The van der Waals surface area contributed by atoms with E-state index in [1.54, 1.807) is 21.8 Å². The number of aryl methyl sites for hydroxylation is 1. The highest BCUT2D eigenvalue weighted by molar-refractivity contribution is 7.91. The maximum absolute atomic E-state index is 12.7. The van der Waals surface area contributed by atoms with Crippen LogP contribution in [0, 0.1) is 17.2 Å². The van der Waals surface area contributed by atoms with E-state index in [1.807, 2.05) is 6.07 Å². The predicted molar refractivity (Wildman–Crippen MR) is 115 cm³/mol. The van der Waals surface area contributed by atoms with Crippen molar-refractivity contribution < 1.29 is 8.42 Å². The molecule has 0 amide bonds. The molecule has 1 N–H and O–H groups in total. The number of sulfonamides is 1. The third-order valence-electron chi connectivity index (χ3n) is 6.01. The summed E-state index contributed by atoms with van der Waals surface area (Å²) in [6, 6.07) is 7.67. The highest BCUT2D eigenvalue weighted by Crippen LogP contribution is 2.37. The Morgan fingerprint density at radius 1 is 1.45 bits per heavy atom. The van der Waals surface area contributed by atoms with Crippen molar-refractivity contribution in [2.24, 2.45) is 5.92 Å². The van der Waals surface area contributed by atoms with E-state index in [-0.39, 0.29) is 11.3 Å². The fraction of sp³-hybridized carbons (Fsp3) is 0.524. The lowest BCUT2D eigenvalue weighted by Gasteiger charge is -2.32. The number of nitriles is 1. The van der Waals surface area contributed by atoms with Crippen molar-refractivity contribution in [2.75, 3.05) is 25.0 Å². The molecule has 3 heterocycles. The van der Waals surface area contributed by atoms with Gasteiger partial charge in [0.15, 0.2) is 0 Å². The lowest BCUT2D eigenvalue weighted by Crippen LogP contribution is -2.29. The van der Waals surface area contributed by atoms with E-state index in [2.05, 4.69) is 25.2 Å². The molecule has 8 heteroatoms. The minimum absolute atomic E-state index is 0.0109. The van der Waals surface area contributed by atoms with Crippen LogP contribution in [-0.2, 0) is 21.9 Å². The minimum Gasteiger partial charge on any atom is -0.369 e. The van der Waals surface area contributed by atoms with E-state index in [9.17, 15) is 13.7 Å². The van der Waals surface area contributed by atoms with Crippen LogP contribution in [-0.4, -0.2) is 37.3 Å². The summed E-state index contributed by atoms with van der Waals surface area (Å²) in [5, 5.41) is 14.7. The van der Waals surface area contributed by atoms with Crippen molar-refractivity contribution in [2.45, 2.75) is 49.2 Å². The van der Waals surface area contributed by atoms with Gasteiger partial charge >= 0.3 is 0 Å². The monoisotopic (exact) mass is 430 g/mol. The largest absolute Gasteiger partial charge is 0.369 e. The van der Waals surface area contributed by atoms with Crippen LogP contribution in [0.5, 0.6) is 0 Å². The van der Waals surface area contributed by atoms with Gasteiger partial charge in [0.1, 0.15) is 16.1 Å². The number of nitrogens with zero attached hydrogens (tertiary/aromatic N) is 3. The first kappa shape index (κ1) is 20.3. The zero-order valence-corrected chi connectivity index (χ0v) is 18.4. The summed E-state index contributed by atoms with van der Waals surface area (Å²) >= 11 is 1.25. The van der Waals surface area contributed by atoms with Crippen LogP contribution in [0.25, 0.3) is 0 Å². The molecular weight excluding hydrogens is 404 g/mol. The van der Waals surface area contributed by atoms with Crippen molar-refractivity contribution in [3.8, 4) is 6.07 Å². The van der Waals surface area contributed by atoms with Gasteiger partial charge in [-0.25, -0.2) is 13.4 Å². The van der Waals surface area contributed by atoms with E-state index >= 15 is 0 Å². The normalized spacial score (nSPS) is 21.5. The van der Waals surface area contributed by atoms with E-state index < -0.39 is 10.0 Å². The van der Waals surface area contributed by atoms with Gasteiger partial charge in [-0.2, -0.15) is 9.57 Å². The maximum Gasteiger partial charge on any atom is 0.252 e. The van der Waals surface area contributed by atoms with Gasteiger partial charge in [-0.3, -0.25) is 0 Å². The van der Waals surface area contributed by atoms with E-state index in [4.69, 9.17) is 4.98 Å². The summed E-state index contributed by atoms with van der Waals surface area (Å²) in [7, 11) is -3.40. The smallest absolute Gasteiger partial charge is 0.252 e. The number of pyridine rings is 1. The summed E-state index contributed by atoms with van der Waals surface area (Å²) in [4.78, 5) is 4.84. The lowest BCUT2D eigenvalue weighted by atomic mass is 9.75. The second-order valence-electron chi connectivity index (χ2n) is 8.57. The molecule has 0 saturated carbocycles. The second-order valence-corrected chi connectivity index (χ2v) is 11.7. The summed E-state index contributed by atoms with van der Waals surface area (Å²) in [5.74, 6) is 0.822. The standard InChI is InChI=1S/C21H26N4O2S2/c1-21(2)8-3-5-16-11-17(12-22)20(24-19(16)21)23-13-15-7-9-25(14-15)29(26,27)18-6-4-10-28-18/h4,6,10-11,15H,3,5,7-9,13-14H2,1-2H3,(H,23,24). The Kier molecular flexibility index (Phi) is 5.40. The molecule has 0 bridgehead atoms. The van der Waals surface area contributed by atoms with Gasteiger partial charge in [0, 0.05) is 25.0 Å².